The van der Waals surface area contributed by atoms with E-state index in [1.165, 1.54) is 53.1 Å². The molecule has 44 heavy (non-hydrogen) atoms. The second-order valence-electron chi connectivity index (χ2n) is 12.2. The topological polar surface area (TPSA) is 137 Å². The maximum atomic E-state index is 14.4. The van der Waals surface area contributed by atoms with Crippen molar-refractivity contribution in [3.8, 4) is 17.2 Å². The van der Waals surface area contributed by atoms with Crippen molar-refractivity contribution in [1.29, 1.82) is 0 Å². The zero-order valence-electron chi connectivity index (χ0n) is 25.7. The molecule has 5 rings (SSSR count). The Morgan fingerprint density at radius 1 is 1.00 bits per heavy atom. The summed E-state index contributed by atoms with van der Waals surface area (Å²) in [5.41, 5.74) is -0.425. The van der Waals surface area contributed by atoms with Gasteiger partial charge in [0.2, 0.25) is 5.75 Å². The number of carbonyl (C=O) groups is 4. The predicted molar refractivity (Wildman–Crippen MR) is 155 cm³/mol. The molecule has 0 bridgehead atoms. The van der Waals surface area contributed by atoms with Crippen LogP contribution in [0.3, 0.4) is 0 Å². The normalized spacial score (nSPS) is 31.4. The van der Waals surface area contributed by atoms with Gasteiger partial charge in [-0.1, -0.05) is 13.8 Å². The van der Waals surface area contributed by atoms with Gasteiger partial charge in [-0.2, -0.15) is 0 Å². The SMILES string of the molecule is COC(=O)C1CC(OC(=O)C=Cc2cc(OC)c(OC)c(OC)c2)C(=O)C2C1(C)CCC1C(=O)OC(c3ccoc3)CC12C. The summed E-state index contributed by atoms with van der Waals surface area (Å²) in [6.07, 6.45) is 5.15. The average Bonchev–Trinajstić information content (AvgIpc) is 3.55. The minimum absolute atomic E-state index is 0.0153. The molecule has 0 N–H and O–H groups in total. The minimum atomic E-state index is -1.21. The summed E-state index contributed by atoms with van der Waals surface area (Å²) in [6.45, 7) is 3.82. The molecule has 2 aliphatic carbocycles. The van der Waals surface area contributed by atoms with Crippen LogP contribution in [0.5, 0.6) is 17.2 Å². The van der Waals surface area contributed by atoms with E-state index in [0.717, 1.165) is 0 Å². The average molecular weight is 611 g/mol. The number of ketones is 1. The van der Waals surface area contributed by atoms with Gasteiger partial charge in [0, 0.05) is 24.0 Å². The van der Waals surface area contributed by atoms with E-state index >= 15 is 0 Å². The summed E-state index contributed by atoms with van der Waals surface area (Å²) in [7, 11) is 5.76. The Bertz CT molecular complexity index is 1430. The van der Waals surface area contributed by atoms with Crippen molar-refractivity contribution < 1.29 is 52.0 Å². The molecular formula is C33H38O11. The number of ether oxygens (including phenoxy) is 6. The third kappa shape index (κ3) is 5.22. The first-order valence-corrected chi connectivity index (χ1v) is 14.5. The summed E-state index contributed by atoms with van der Waals surface area (Å²) >= 11 is 0. The van der Waals surface area contributed by atoms with E-state index in [9.17, 15) is 19.2 Å². The number of rotatable bonds is 8. The number of benzene rings is 1. The third-order valence-electron chi connectivity index (χ3n) is 9.86. The molecule has 7 unspecified atom stereocenters. The van der Waals surface area contributed by atoms with E-state index in [2.05, 4.69) is 0 Å². The quantitative estimate of drug-likeness (QED) is 0.233. The minimum Gasteiger partial charge on any atom is -0.493 e. The first kappa shape index (κ1) is 31.2. The van der Waals surface area contributed by atoms with E-state index in [0.29, 0.717) is 47.6 Å². The van der Waals surface area contributed by atoms with Gasteiger partial charge in [-0.15, -0.1) is 0 Å². The molecule has 2 heterocycles. The number of carbonyl (C=O) groups excluding carboxylic acids is 4. The molecule has 0 amide bonds. The van der Waals surface area contributed by atoms with Crippen molar-refractivity contribution >= 4 is 29.8 Å². The van der Waals surface area contributed by atoms with Gasteiger partial charge in [0.15, 0.2) is 23.4 Å². The lowest BCUT2D eigenvalue weighted by atomic mass is 9.43. The molecule has 2 aromatic rings. The molecule has 0 radical (unpaired) electrons. The van der Waals surface area contributed by atoms with E-state index in [1.54, 1.807) is 18.2 Å². The Kier molecular flexibility index (Phi) is 8.51. The molecule has 1 aliphatic heterocycles. The highest BCUT2D eigenvalue weighted by Gasteiger charge is 2.67. The lowest BCUT2D eigenvalue weighted by Gasteiger charge is -2.60. The smallest absolute Gasteiger partial charge is 0.331 e. The van der Waals surface area contributed by atoms with Crippen molar-refractivity contribution in [2.24, 2.45) is 28.6 Å². The molecule has 1 saturated heterocycles. The first-order chi connectivity index (χ1) is 21.0. The lowest BCUT2D eigenvalue weighted by molar-refractivity contribution is -0.210. The molecule has 3 fully saturated rings. The highest BCUT2D eigenvalue weighted by Crippen LogP contribution is 2.65. The molecule has 0 spiro atoms. The van der Waals surface area contributed by atoms with Gasteiger partial charge in [-0.05, 0) is 59.9 Å². The van der Waals surface area contributed by atoms with Crippen molar-refractivity contribution in [3.63, 3.8) is 0 Å². The maximum absolute atomic E-state index is 14.4. The van der Waals surface area contributed by atoms with Crippen LogP contribution in [0.2, 0.25) is 0 Å². The van der Waals surface area contributed by atoms with Crippen molar-refractivity contribution in [2.75, 3.05) is 28.4 Å². The summed E-state index contributed by atoms with van der Waals surface area (Å²) in [5.74, 6) is -2.78. The number of hydrogen-bond donors (Lipinski definition) is 0. The van der Waals surface area contributed by atoms with Gasteiger partial charge in [-0.3, -0.25) is 14.4 Å². The molecule has 11 heteroatoms. The maximum Gasteiger partial charge on any atom is 0.331 e. The number of methoxy groups -OCH3 is 4. The molecule has 7 atom stereocenters. The zero-order valence-corrected chi connectivity index (χ0v) is 25.7. The fraction of sp³-hybridized carbons (Fsp3) is 0.515. The van der Waals surface area contributed by atoms with Crippen LogP contribution in [0, 0.1) is 28.6 Å². The Labute approximate surface area is 255 Å². The Morgan fingerprint density at radius 3 is 2.30 bits per heavy atom. The van der Waals surface area contributed by atoms with Gasteiger partial charge in [0.05, 0.1) is 52.8 Å². The highest BCUT2D eigenvalue weighted by molar-refractivity contribution is 5.95. The van der Waals surface area contributed by atoms with Crippen LogP contribution in [0.25, 0.3) is 6.08 Å². The van der Waals surface area contributed by atoms with Crippen LogP contribution in [0.4, 0.5) is 0 Å². The number of cyclic esters (lactones) is 1. The van der Waals surface area contributed by atoms with E-state index in [4.69, 9.17) is 32.8 Å². The summed E-state index contributed by atoms with van der Waals surface area (Å²) in [5, 5.41) is 0. The number of furan rings is 1. The Hall–Kier alpha value is -4.28. The lowest BCUT2D eigenvalue weighted by Crippen LogP contribution is -2.64. The van der Waals surface area contributed by atoms with Gasteiger partial charge < -0.3 is 32.8 Å². The third-order valence-corrected chi connectivity index (χ3v) is 9.86. The fourth-order valence-corrected chi connectivity index (χ4v) is 7.80. The molecule has 2 saturated carbocycles. The monoisotopic (exact) mass is 610 g/mol. The Balaban J connectivity index is 1.45. The highest BCUT2D eigenvalue weighted by atomic mass is 16.6. The predicted octanol–water partition coefficient (Wildman–Crippen LogP) is 4.72. The van der Waals surface area contributed by atoms with E-state index in [1.807, 2.05) is 13.8 Å². The largest absolute Gasteiger partial charge is 0.493 e. The van der Waals surface area contributed by atoms with Crippen LogP contribution in [-0.2, 0) is 33.4 Å². The second-order valence-corrected chi connectivity index (χ2v) is 12.2. The summed E-state index contributed by atoms with van der Waals surface area (Å²) in [4.78, 5) is 54.0. The molecule has 1 aromatic carbocycles. The number of Topliss-reactive ketones (excluding diaryl/α,β-unsaturated/α-hetero) is 1. The zero-order chi connectivity index (χ0) is 31.8. The van der Waals surface area contributed by atoms with E-state index < -0.39 is 52.7 Å². The standard InChI is InChI=1S/C33H38O11/c1-32-11-9-20-31(37)44-25(19-10-12-42-17-19)16-33(20,2)29(32)27(35)22(15-21(32)30(36)41-6)43-26(34)8-7-18-13-23(38-3)28(40-5)24(14-18)39-4/h7-8,10,12-14,17,20-22,25,29H,9,11,15-16H2,1-6H3. The summed E-state index contributed by atoms with van der Waals surface area (Å²) in [6, 6.07) is 5.06. The summed E-state index contributed by atoms with van der Waals surface area (Å²) < 4.78 is 38.1. The van der Waals surface area contributed by atoms with Gasteiger partial charge in [0.1, 0.15) is 6.10 Å². The van der Waals surface area contributed by atoms with Crippen molar-refractivity contribution in [3.05, 3.63) is 47.9 Å². The Morgan fingerprint density at radius 2 is 1.70 bits per heavy atom. The van der Waals surface area contributed by atoms with E-state index in [-0.39, 0.29) is 18.2 Å². The van der Waals surface area contributed by atoms with Crippen LogP contribution in [-0.4, -0.2) is 58.2 Å². The van der Waals surface area contributed by atoms with Crippen LogP contribution in [0.1, 0.15) is 56.8 Å². The fourth-order valence-electron chi connectivity index (χ4n) is 7.80. The number of esters is 3. The second kappa shape index (κ2) is 12.0. The van der Waals surface area contributed by atoms with Crippen molar-refractivity contribution in [1.82, 2.24) is 0 Å². The molecule has 1 aromatic heterocycles. The van der Waals surface area contributed by atoms with Gasteiger partial charge in [0.25, 0.3) is 0 Å². The molecular weight excluding hydrogens is 572 g/mol. The van der Waals surface area contributed by atoms with Crippen LogP contribution < -0.4 is 14.2 Å². The van der Waals surface area contributed by atoms with Gasteiger partial charge >= 0.3 is 17.9 Å². The van der Waals surface area contributed by atoms with Gasteiger partial charge in [-0.25, -0.2) is 4.79 Å². The number of fused-ring (bicyclic) bond motifs is 3. The molecule has 11 nitrogen and oxygen atoms in total. The molecule has 3 aliphatic rings. The van der Waals surface area contributed by atoms with Crippen molar-refractivity contribution in [2.45, 2.75) is 51.7 Å². The molecule has 236 valence electrons. The number of hydrogen-bond acceptors (Lipinski definition) is 11. The van der Waals surface area contributed by atoms with Crippen LogP contribution >= 0.6 is 0 Å². The van der Waals surface area contributed by atoms with Crippen LogP contribution in [0.15, 0.2) is 41.2 Å². The first-order valence-electron chi connectivity index (χ1n) is 14.5.